The third-order valence-electron chi connectivity index (χ3n) is 2.23. The second-order valence-corrected chi connectivity index (χ2v) is 3.82. The van der Waals surface area contributed by atoms with Crippen LogP contribution in [0.4, 0.5) is 4.39 Å². The molecule has 0 spiro atoms. The van der Waals surface area contributed by atoms with Crippen LogP contribution in [0, 0.1) is 12.2 Å². The molecule has 2 heteroatoms. The van der Waals surface area contributed by atoms with Crippen molar-refractivity contribution >= 4 is 15.9 Å². The molecule has 0 heterocycles. The molecule has 63 valence electrons. The van der Waals surface area contributed by atoms with Gasteiger partial charge in [0.05, 0.1) is 4.47 Å². The number of rotatable bonds is 0. The third kappa shape index (κ3) is 1.28. The van der Waals surface area contributed by atoms with Crippen molar-refractivity contribution in [1.82, 2.24) is 0 Å². The lowest BCUT2D eigenvalue weighted by atomic mass is 9.92. The van der Waals surface area contributed by atoms with Gasteiger partial charge >= 0.3 is 0 Å². The summed E-state index contributed by atoms with van der Waals surface area (Å²) in [5.74, 6) is -0.149. The second kappa shape index (κ2) is 3.17. The summed E-state index contributed by atoms with van der Waals surface area (Å²) < 4.78 is 13.7. The first kappa shape index (κ1) is 8.24. The van der Waals surface area contributed by atoms with Crippen LogP contribution in [0.15, 0.2) is 16.6 Å². The van der Waals surface area contributed by atoms with Gasteiger partial charge in [0, 0.05) is 0 Å². The zero-order chi connectivity index (χ0) is 8.55. The molecule has 0 aliphatic heterocycles. The van der Waals surface area contributed by atoms with E-state index in [4.69, 9.17) is 0 Å². The summed E-state index contributed by atoms with van der Waals surface area (Å²) in [5, 5.41) is 0. The number of fused-ring (bicyclic) bond motifs is 1. The Bertz CT molecular complexity index is 307. The SMILES string of the molecule is Fc1ccc2c(c1Br)CCC[CH]2. The van der Waals surface area contributed by atoms with E-state index in [-0.39, 0.29) is 5.82 Å². The van der Waals surface area contributed by atoms with Gasteiger partial charge in [0.15, 0.2) is 0 Å². The van der Waals surface area contributed by atoms with Crippen LogP contribution >= 0.6 is 15.9 Å². The summed E-state index contributed by atoms with van der Waals surface area (Å²) in [6, 6.07) is 3.37. The summed E-state index contributed by atoms with van der Waals surface area (Å²) in [7, 11) is 0. The zero-order valence-electron chi connectivity index (χ0n) is 6.61. The lowest BCUT2D eigenvalue weighted by molar-refractivity contribution is 0.613. The molecule has 0 N–H and O–H groups in total. The smallest absolute Gasteiger partial charge is 0.137 e. The van der Waals surface area contributed by atoms with Crippen molar-refractivity contribution in [3.05, 3.63) is 40.0 Å². The highest BCUT2D eigenvalue weighted by atomic mass is 79.9. The Morgan fingerprint density at radius 1 is 1.33 bits per heavy atom. The molecule has 0 amide bonds. The Balaban J connectivity index is 2.54. The topological polar surface area (TPSA) is 0 Å². The maximum Gasteiger partial charge on any atom is 0.137 e. The molecule has 0 nitrogen and oxygen atoms in total. The van der Waals surface area contributed by atoms with E-state index >= 15 is 0 Å². The fourth-order valence-electron chi connectivity index (χ4n) is 1.59. The van der Waals surface area contributed by atoms with Crippen molar-refractivity contribution < 1.29 is 4.39 Å². The van der Waals surface area contributed by atoms with E-state index in [2.05, 4.69) is 22.4 Å². The van der Waals surface area contributed by atoms with E-state index in [1.54, 1.807) is 0 Å². The molecule has 0 atom stereocenters. The molecule has 1 aliphatic carbocycles. The second-order valence-electron chi connectivity index (χ2n) is 3.03. The summed E-state index contributed by atoms with van der Waals surface area (Å²) in [5.41, 5.74) is 2.32. The minimum atomic E-state index is -0.149. The highest BCUT2D eigenvalue weighted by Gasteiger charge is 2.14. The van der Waals surface area contributed by atoms with Gasteiger partial charge in [0.2, 0.25) is 0 Å². The maximum atomic E-state index is 13.0. The first-order valence-corrected chi connectivity index (χ1v) is 4.88. The molecule has 1 aromatic rings. The van der Waals surface area contributed by atoms with Gasteiger partial charge in [-0.05, 0) is 58.8 Å². The first-order chi connectivity index (χ1) is 5.79. The van der Waals surface area contributed by atoms with Gasteiger partial charge < -0.3 is 0 Å². The minimum absolute atomic E-state index is 0.149. The first-order valence-electron chi connectivity index (χ1n) is 4.09. The van der Waals surface area contributed by atoms with Crippen molar-refractivity contribution in [2.45, 2.75) is 19.3 Å². The quantitative estimate of drug-likeness (QED) is 0.637. The van der Waals surface area contributed by atoms with Crippen molar-refractivity contribution in [3.63, 3.8) is 0 Å². The minimum Gasteiger partial charge on any atom is -0.206 e. The van der Waals surface area contributed by atoms with E-state index in [0.29, 0.717) is 4.47 Å². The molecule has 0 bridgehead atoms. The van der Waals surface area contributed by atoms with E-state index in [0.717, 1.165) is 24.8 Å². The molecule has 2 rings (SSSR count). The van der Waals surface area contributed by atoms with Gasteiger partial charge in [-0.1, -0.05) is 6.07 Å². The van der Waals surface area contributed by atoms with Crippen LogP contribution in [0.25, 0.3) is 0 Å². The van der Waals surface area contributed by atoms with E-state index in [9.17, 15) is 4.39 Å². The van der Waals surface area contributed by atoms with Crippen LogP contribution < -0.4 is 0 Å². The van der Waals surface area contributed by atoms with Gasteiger partial charge in [-0.15, -0.1) is 0 Å². The lowest BCUT2D eigenvalue weighted by Crippen LogP contribution is -2.02. The fraction of sp³-hybridized carbons (Fsp3) is 0.300. The fourth-order valence-corrected chi connectivity index (χ4v) is 2.15. The van der Waals surface area contributed by atoms with Crippen LogP contribution in [0.3, 0.4) is 0 Å². The molecule has 1 aromatic carbocycles. The summed E-state index contributed by atoms with van der Waals surface area (Å²) in [4.78, 5) is 0. The predicted molar refractivity (Wildman–Crippen MR) is 50.4 cm³/mol. The van der Waals surface area contributed by atoms with Crippen molar-refractivity contribution in [3.8, 4) is 0 Å². The van der Waals surface area contributed by atoms with Gasteiger partial charge in [-0.3, -0.25) is 0 Å². The Hall–Kier alpha value is -0.370. The zero-order valence-corrected chi connectivity index (χ0v) is 8.20. The van der Waals surface area contributed by atoms with E-state index in [1.165, 1.54) is 11.6 Å². The molecule has 1 radical (unpaired) electrons. The largest absolute Gasteiger partial charge is 0.206 e. The molecular formula is C10H9BrF. The molecule has 0 saturated heterocycles. The normalized spacial score (nSPS) is 15.8. The Kier molecular flexibility index (Phi) is 2.18. The van der Waals surface area contributed by atoms with Crippen LogP contribution in [-0.4, -0.2) is 0 Å². The van der Waals surface area contributed by atoms with Crippen molar-refractivity contribution in [2.24, 2.45) is 0 Å². The lowest BCUT2D eigenvalue weighted by Gasteiger charge is -2.16. The number of benzene rings is 1. The van der Waals surface area contributed by atoms with Crippen molar-refractivity contribution in [1.29, 1.82) is 0 Å². The molecular weight excluding hydrogens is 219 g/mol. The maximum absolute atomic E-state index is 13.0. The number of hydrogen-bond acceptors (Lipinski definition) is 0. The Morgan fingerprint density at radius 2 is 2.17 bits per heavy atom. The number of hydrogen-bond donors (Lipinski definition) is 0. The Labute approximate surface area is 79.9 Å². The van der Waals surface area contributed by atoms with Gasteiger partial charge in [0.25, 0.3) is 0 Å². The summed E-state index contributed by atoms with van der Waals surface area (Å²) in [6.07, 6.45) is 5.41. The van der Waals surface area contributed by atoms with Crippen LogP contribution in [0.1, 0.15) is 24.0 Å². The average molecular weight is 228 g/mol. The highest BCUT2D eigenvalue weighted by Crippen LogP contribution is 2.30. The molecule has 0 saturated carbocycles. The van der Waals surface area contributed by atoms with Crippen molar-refractivity contribution in [2.75, 3.05) is 0 Å². The Morgan fingerprint density at radius 3 is 3.00 bits per heavy atom. The van der Waals surface area contributed by atoms with E-state index < -0.39 is 0 Å². The third-order valence-corrected chi connectivity index (χ3v) is 3.08. The van der Waals surface area contributed by atoms with Crippen LogP contribution in [0.5, 0.6) is 0 Å². The monoisotopic (exact) mass is 227 g/mol. The molecule has 12 heavy (non-hydrogen) atoms. The molecule has 0 unspecified atom stereocenters. The predicted octanol–water partition coefficient (Wildman–Crippen LogP) is 3.48. The summed E-state index contributed by atoms with van der Waals surface area (Å²) >= 11 is 3.27. The molecule has 0 aromatic heterocycles. The highest BCUT2D eigenvalue weighted by molar-refractivity contribution is 9.10. The average Bonchev–Trinajstić information content (AvgIpc) is 2.12. The molecule has 0 fully saturated rings. The van der Waals surface area contributed by atoms with Crippen LogP contribution in [-0.2, 0) is 6.42 Å². The number of halogens is 2. The van der Waals surface area contributed by atoms with Crippen LogP contribution in [0.2, 0.25) is 0 Å². The van der Waals surface area contributed by atoms with Gasteiger partial charge in [0.1, 0.15) is 5.82 Å². The standard InChI is InChI=1S/C10H9BrF/c11-10-8-4-2-1-3-7(8)5-6-9(10)12/h3,5-6H,1-2,4H2. The van der Waals surface area contributed by atoms with Gasteiger partial charge in [-0.25, -0.2) is 4.39 Å². The van der Waals surface area contributed by atoms with Gasteiger partial charge in [-0.2, -0.15) is 0 Å². The molecule has 1 aliphatic rings. The summed E-state index contributed by atoms with van der Waals surface area (Å²) in [6.45, 7) is 0. The van der Waals surface area contributed by atoms with E-state index in [1.807, 2.05) is 6.07 Å².